The van der Waals surface area contributed by atoms with Gasteiger partial charge >= 0.3 is 0 Å². The predicted molar refractivity (Wildman–Crippen MR) is 142 cm³/mol. The third-order valence-corrected chi connectivity index (χ3v) is 8.81. The van der Waals surface area contributed by atoms with Gasteiger partial charge in [-0.2, -0.15) is 4.31 Å². The largest absolute Gasteiger partial charge is 0.355 e. The van der Waals surface area contributed by atoms with E-state index < -0.39 is 15.9 Å². The number of hydrogen-bond donors (Lipinski definition) is 1. The van der Waals surface area contributed by atoms with Gasteiger partial charge in [-0.05, 0) is 75.4 Å². The number of hydrogen-bond acceptors (Lipinski definition) is 5. The van der Waals surface area contributed by atoms with Crippen LogP contribution in [0.15, 0.2) is 45.8 Å². The molecule has 9 heteroatoms. The highest BCUT2D eigenvalue weighted by Gasteiger charge is 2.37. The van der Waals surface area contributed by atoms with Crippen LogP contribution < -0.4 is 5.32 Å². The Labute approximate surface area is 217 Å². The summed E-state index contributed by atoms with van der Waals surface area (Å²) >= 11 is 6.17. The zero-order valence-corrected chi connectivity index (χ0v) is 22.4. The van der Waals surface area contributed by atoms with Crippen LogP contribution in [0.3, 0.4) is 0 Å². The van der Waals surface area contributed by atoms with Crippen LogP contribution >= 0.6 is 11.6 Å². The Kier molecular flexibility index (Phi) is 7.68. The molecule has 1 amide bonds. The van der Waals surface area contributed by atoms with Crippen LogP contribution in [-0.2, 0) is 14.8 Å². The molecule has 0 spiro atoms. The number of para-hydroxylation sites is 1. The van der Waals surface area contributed by atoms with Crippen molar-refractivity contribution in [2.24, 2.45) is 5.92 Å². The molecule has 36 heavy (non-hydrogen) atoms. The molecule has 0 aliphatic carbocycles. The first-order valence-electron chi connectivity index (χ1n) is 11.9. The number of sulfonamides is 1. The highest BCUT2D eigenvalue weighted by Crippen LogP contribution is 2.31. The van der Waals surface area contributed by atoms with Crippen molar-refractivity contribution in [2.75, 3.05) is 18.4 Å². The highest BCUT2D eigenvalue weighted by atomic mass is 35.5. The molecule has 1 fully saturated rings. The Balaban J connectivity index is 1.57. The number of anilines is 1. The topological polar surface area (TPSA) is 92.5 Å². The summed E-state index contributed by atoms with van der Waals surface area (Å²) in [7, 11) is -3.94. The van der Waals surface area contributed by atoms with E-state index in [-0.39, 0.29) is 28.8 Å². The third-order valence-electron chi connectivity index (χ3n) is 6.46. The maximum atomic E-state index is 13.7. The number of nitrogens with zero attached hydrogens (tertiary/aromatic N) is 2. The summed E-state index contributed by atoms with van der Waals surface area (Å²) in [6, 6.07) is 11.1. The molecule has 1 aromatic heterocycles. The van der Waals surface area contributed by atoms with E-state index in [1.165, 1.54) is 9.87 Å². The first-order valence-corrected chi connectivity index (χ1v) is 13.7. The third kappa shape index (κ3) is 5.40. The molecule has 2 heterocycles. The van der Waals surface area contributed by atoms with Gasteiger partial charge in [0, 0.05) is 13.1 Å². The van der Waals surface area contributed by atoms with Gasteiger partial charge in [0.1, 0.15) is 5.69 Å². The summed E-state index contributed by atoms with van der Waals surface area (Å²) in [4.78, 5) is 13.0. The maximum absolute atomic E-state index is 13.7. The molecule has 1 saturated heterocycles. The maximum Gasteiger partial charge on any atom is 0.248 e. The number of halogens is 1. The average molecular weight is 528 g/mol. The lowest BCUT2D eigenvalue weighted by Gasteiger charge is -2.31. The van der Waals surface area contributed by atoms with E-state index in [0.717, 1.165) is 16.7 Å². The molecule has 4 rings (SSSR count). The van der Waals surface area contributed by atoms with Crippen LogP contribution in [0.5, 0.6) is 0 Å². The zero-order chi connectivity index (χ0) is 26.0. The van der Waals surface area contributed by atoms with Gasteiger partial charge in [0.15, 0.2) is 10.7 Å². The number of carbonyl (C=O) groups is 1. The number of rotatable bonds is 6. The molecule has 7 nitrogen and oxygen atoms in total. The second-order valence-corrected chi connectivity index (χ2v) is 11.6. The van der Waals surface area contributed by atoms with Crippen molar-refractivity contribution < 1.29 is 17.7 Å². The first-order chi connectivity index (χ1) is 17.1. The number of nitrogens with one attached hydrogen (secondary N) is 1. The molecule has 1 aliphatic heterocycles. The van der Waals surface area contributed by atoms with Crippen LogP contribution in [0.25, 0.3) is 12.2 Å². The van der Waals surface area contributed by atoms with Crippen LogP contribution in [0, 0.1) is 33.6 Å². The summed E-state index contributed by atoms with van der Waals surface area (Å²) in [6.07, 6.45) is 4.67. The molecule has 0 radical (unpaired) electrons. The summed E-state index contributed by atoms with van der Waals surface area (Å²) in [6.45, 7) is 8.08. The molecule has 0 saturated carbocycles. The quantitative estimate of drug-likeness (QED) is 0.439. The lowest BCUT2D eigenvalue weighted by atomic mass is 9.99. The van der Waals surface area contributed by atoms with Gasteiger partial charge in [-0.15, -0.1) is 0 Å². The molecular formula is C27H30ClN3O4S. The summed E-state index contributed by atoms with van der Waals surface area (Å²) in [5.41, 5.74) is 5.15. The molecule has 2 aromatic carbocycles. The fourth-order valence-corrected chi connectivity index (χ4v) is 6.67. The minimum Gasteiger partial charge on any atom is -0.355 e. The Morgan fingerprint density at radius 2 is 1.83 bits per heavy atom. The van der Waals surface area contributed by atoms with Crippen molar-refractivity contribution in [3.63, 3.8) is 0 Å². The van der Waals surface area contributed by atoms with Gasteiger partial charge in [-0.3, -0.25) is 4.79 Å². The van der Waals surface area contributed by atoms with Gasteiger partial charge < -0.3 is 9.84 Å². The second-order valence-electron chi connectivity index (χ2n) is 9.28. The van der Waals surface area contributed by atoms with E-state index in [9.17, 15) is 13.2 Å². The molecule has 190 valence electrons. The van der Waals surface area contributed by atoms with E-state index in [1.807, 2.05) is 26.8 Å². The van der Waals surface area contributed by atoms with Crippen molar-refractivity contribution in [3.8, 4) is 0 Å². The number of amides is 1. The lowest BCUT2D eigenvalue weighted by Crippen LogP contribution is -2.43. The molecular weight excluding hydrogens is 498 g/mol. The van der Waals surface area contributed by atoms with E-state index >= 15 is 0 Å². The minimum atomic E-state index is -3.94. The molecule has 1 N–H and O–H groups in total. The number of carbonyl (C=O) groups excluding carboxylic acids is 1. The highest BCUT2D eigenvalue weighted by molar-refractivity contribution is 7.89. The number of piperidine rings is 1. The first kappa shape index (κ1) is 26.1. The molecule has 1 atom stereocenters. The van der Waals surface area contributed by atoms with Crippen molar-refractivity contribution in [1.82, 2.24) is 9.46 Å². The van der Waals surface area contributed by atoms with E-state index in [4.69, 9.17) is 16.1 Å². The van der Waals surface area contributed by atoms with E-state index in [1.54, 1.807) is 37.3 Å². The summed E-state index contributed by atoms with van der Waals surface area (Å²) < 4.78 is 34.2. The van der Waals surface area contributed by atoms with Crippen LogP contribution in [0.1, 0.15) is 46.5 Å². The number of benzene rings is 2. The van der Waals surface area contributed by atoms with Gasteiger partial charge in [0.05, 0.1) is 16.6 Å². The number of aromatic nitrogens is 1. The monoisotopic (exact) mass is 527 g/mol. The smallest absolute Gasteiger partial charge is 0.248 e. The summed E-state index contributed by atoms with van der Waals surface area (Å²) in [5, 5.41) is 7.20. The standard InChI is InChI=1S/C27H30ClN3O4S/c1-17-14-18(2)22(19(3)15-17)11-12-25-26(20(4)30-35-25)36(33,34)31-13-7-8-21(16-31)27(32)29-24-10-6-5-9-23(24)28/h5-6,9-12,14-15,21H,7-8,13,16H2,1-4H3,(H,29,32). The summed E-state index contributed by atoms with van der Waals surface area (Å²) in [5.74, 6) is -0.577. The van der Waals surface area contributed by atoms with Crippen molar-refractivity contribution in [2.45, 2.75) is 45.4 Å². The van der Waals surface area contributed by atoms with Crippen LogP contribution in [0.2, 0.25) is 5.02 Å². The van der Waals surface area contributed by atoms with Crippen molar-refractivity contribution >= 4 is 45.4 Å². The van der Waals surface area contributed by atoms with Gasteiger partial charge in [-0.25, -0.2) is 8.42 Å². The molecule has 1 unspecified atom stereocenters. The Morgan fingerprint density at radius 3 is 2.53 bits per heavy atom. The van der Waals surface area contributed by atoms with Crippen LogP contribution in [-0.4, -0.2) is 36.9 Å². The lowest BCUT2D eigenvalue weighted by molar-refractivity contribution is -0.120. The Hall–Kier alpha value is -2.94. The zero-order valence-electron chi connectivity index (χ0n) is 20.8. The van der Waals surface area contributed by atoms with Crippen molar-refractivity contribution in [1.29, 1.82) is 0 Å². The van der Waals surface area contributed by atoms with Gasteiger partial charge in [0.2, 0.25) is 15.9 Å². The van der Waals surface area contributed by atoms with Crippen molar-refractivity contribution in [3.05, 3.63) is 75.1 Å². The predicted octanol–water partition coefficient (Wildman–Crippen LogP) is 5.77. The molecule has 0 bridgehead atoms. The Morgan fingerprint density at radius 1 is 1.14 bits per heavy atom. The minimum absolute atomic E-state index is 0.0355. The SMILES string of the molecule is Cc1cc(C)c(C=Cc2onc(C)c2S(=O)(=O)N2CCCC(C(=O)Nc3ccccc3Cl)C2)c(C)c1. The normalized spacial score (nSPS) is 17.0. The second kappa shape index (κ2) is 10.6. The van der Waals surface area contributed by atoms with E-state index in [0.29, 0.717) is 30.1 Å². The van der Waals surface area contributed by atoms with Crippen LogP contribution in [0.4, 0.5) is 5.69 Å². The van der Waals surface area contributed by atoms with E-state index in [2.05, 4.69) is 22.6 Å². The Bertz CT molecular complexity index is 1410. The van der Waals surface area contributed by atoms with Gasteiger partial charge in [0.25, 0.3) is 0 Å². The molecule has 1 aliphatic rings. The number of aryl methyl sites for hydroxylation is 4. The fraction of sp³-hybridized carbons (Fsp3) is 0.333. The van der Waals surface area contributed by atoms with Gasteiger partial charge in [-0.1, -0.05) is 52.7 Å². The molecule has 3 aromatic rings. The average Bonchev–Trinajstić information content (AvgIpc) is 3.21. The fourth-order valence-electron chi connectivity index (χ4n) is 4.71.